The molecule has 0 spiro atoms. The number of benzene rings is 4. The molecule has 4 aromatic rings. The third-order valence-electron chi connectivity index (χ3n) is 4.68. The Bertz CT molecular complexity index is 1310. The summed E-state index contributed by atoms with van der Waals surface area (Å²) in [4.78, 5) is 25.7. The van der Waals surface area contributed by atoms with Gasteiger partial charge in [0.15, 0.2) is 0 Å². The van der Waals surface area contributed by atoms with Crippen molar-refractivity contribution in [2.24, 2.45) is 0 Å². The fraction of sp³-hybridized carbons (Fsp3) is 0.0400. The highest BCUT2D eigenvalue weighted by atomic mass is 79.9. The van der Waals surface area contributed by atoms with Crippen molar-refractivity contribution in [1.29, 1.82) is 0 Å². The largest absolute Gasteiger partial charge is 0.323 e. The lowest BCUT2D eigenvalue weighted by Gasteiger charge is -2.09. The predicted molar refractivity (Wildman–Crippen MR) is 132 cm³/mol. The van der Waals surface area contributed by atoms with Gasteiger partial charge in [0.1, 0.15) is 5.82 Å². The molecule has 0 bridgehead atoms. The summed E-state index contributed by atoms with van der Waals surface area (Å²) in [5.74, 6) is -0.920. The summed E-state index contributed by atoms with van der Waals surface area (Å²) in [6.07, 6.45) is 0. The summed E-state index contributed by atoms with van der Waals surface area (Å²) >= 11 is 4.49. The highest BCUT2D eigenvalue weighted by Crippen LogP contribution is 2.24. The molecule has 0 unspecified atom stereocenters. The van der Waals surface area contributed by atoms with Crippen LogP contribution in [0.15, 0.2) is 94.3 Å². The van der Waals surface area contributed by atoms with E-state index < -0.39 is 5.82 Å². The lowest BCUT2D eigenvalue weighted by atomic mass is 10.1. The minimum Gasteiger partial charge on any atom is -0.323 e. The molecule has 4 nitrogen and oxygen atoms in total. The Morgan fingerprint density at radius 3 is 2.47 bits per heavy atom. The van der Waals surface area contributed by atoms with E-state index in [1.54, 1.807) is 24.3 Å². The molecule has 0 radical (unpaired) electrons. The zero-order valence-corrected chi connectivity index (χ0v) is 19.2. The van der Waals surface area contributed by atoms with Gasteiger partial charge in [0, 0.05) is 20.6 Å². The summed E-state index contributed by atoms with van der Waals surface area (Å²) in [6, 6.07) is 25.1. The summed E-state index contributed by atoms with van der Waals surface area (Å²) in [5, 5.41) is 7.53. The first-order chi connectivity index (χ1) is 15.5. The van der Waals surface area contributed by atoms with Crippen LogP contribution in [0.5, 0.6) is 0 Å². The molecular formula is C25H18BrFN2O2S. The molecule has 0 fully saturated rings. The molecule has 0 aliphatic heterocycles. The summed E-state index contributed by atoms with van der Waals surface area (Å²) in [5.41, 5.74) is 1.33. The van der Waals surface area contributed by atoms with Gasteiger partial charge in [0.05, 0.1) is 11.4 Å². The number of carbonyl (C=O) groups excluding carboxylic acids is 2. The molecule has 7 heteroatoms. The molecule has 0 saturated carbocycles. The van der Waals surface area contributed by atoms with E-state index in [2.05, 4.69) is 26.6 Å². The van der Waals surface area contributed by atoms with E-state index in [9.17, 15) is 14.0 Å². The van der Waals surface area contributed by atoms with Gasteiger partial charge in [0.25, 0.3) is 5.91 Å². The summed E-state index contributed by atoms with van der Waals surface area (Å²) in [6.45, 7) is 0. The Hall–Kier alpha value is -3.16. The zero-order chi connectivity index (χ0) is 22.5. The Kier molecular flexibility index (Phi) is 6.87. The van der Waals surface area contributed by atoms with Crippen molar-refractivity contribution in [1.82, 2.24) is 0 Å². The fourth-order valence-corrected chi connectivity index (χ4v) is 4.21. The third-order valence-corrected chi connectivity index (χ3v) is 6.17. The minimum absolute atomic E-state index is 0.109. The maximum atomic E-state index is 13.9. The van der Waals surface area contributed by atoms with Crippen LogP contribution in [0.4, 0.5) is 15.8 Å². The first-order valence-corrected chi connectivity index (χ1v) is 11.5. The number of thioether (sulfide) groups is 1. The van der Waals surface area contributed by atoms with Gasteiger partial charge < -0.3 is 10.6 Å². The number of hydrogen-bond donors (Lipinski definition) is 2. The topological polar surface area (TPSA) is 58.2 Å². The monoisotopic (exact) mass is 508 g/mol. The highest BCUT2D eigenvalue weighted by molar-refractivity contribution is 9.10. The van der Waals surface area contributed by atoms with Crippen molar-refractivity contribution in [2.75, 3.05) is 16.4 Å². The first-order valence-electron chi connectivity index (χ1n) is 9.76. The molecule has 0 atom stereocenters. The van der Waals surface area contributed by atoms with Crippen LogP contribution in [0.2, 0.25) is 0 Å². The lowest BCUT2D eigenvalue weighted by molar-refractivity contribution is -0.113. The van der Waals surface area contributed by atoms with Crippen molar-refractivity contribution in [3.05, 3.63) is 101 Å². The van der Waals surface area contributed by atoms with E-state index in [1.165, 1.54) is 23.9 Å². The minimum atomic E-state index is -0.504. The van der Waals surface area contributed by atoms with Gasteiger partial charge in [-0.05, 0) is 59.3 Å². The van der Waals surface area contributed by atoms with Crippen molar-refractivity contribution in [2.45, 2.75) is 4.90 Å². The molecule has 2 N–H and O–H groups in total. The van der Waals surface area contributed by atoms with Crippen LogP contribution in [0.3, 0.4) is 0 Å². The van der Waals surface area contributed by atoms with E-state index in [0.717, 1.165) is 15.7 Å². The molecule has 0 saturated heterocycles. The SMILES string of the molecule is O=C(CSc1cccc(NC(=O)c2ccc3ccccc3c2)c1)Nc1ccc(Br)cc1F. The van der Waals surface area contributed by atoms with E-state index in [1.807, 2.05) is 48.5 Å². The standard InChI is InChI=1S/C25H18BrFN2O2S/c26-19-10-11-23(22(27)13-19)29-24(30)15-32-21-7-3-6-20(14-21)28-25(31)18-9-8-16-4-1-2-5-17(16)12-18/h1-14H,15H2,(H,28,31)(H,29,30). The second-order valence-electron chi connectivity index (χ2n) is 7.00. The molecular weight excluding hydrogens is 491 g/mol. The molecule has 4 aromatic carbocycles. The predicted octanol–water partition coefficient (Wildman–Crippen LogP) is 6.72. The number of carbonyl (C=O) groups is 2. The van der Waals surface area contributed by atoms with E-state index in [0.29, 0.717) is 15.7 Å². The van der Waals surface area contributed by atoms with Crippen molar-refractivity contribution in [3.8, 4) is 0 Å². The third kappa shape index (κ3) is 5.55. The molecule has 4 rings (SSSR count). The molecule has 0 aromatic heterocycles. The Morgan fingerprint density at radius 2 is 1.66 bits per heavy atom. The number of rotatable bonds is 6. The van der Waals surface area contributed by atoms with Crippen molar-refractivity contribution in [3.63, 3.8) is 0 Å². The molecule has 32 heavy (non-hydrogen) atoms. The van der Waals surface area contributed by atoms with E-state index in [4.69, 9.17) is 0 Å². The van der Waals surface area contributed by atoms with Gasteiger partial charge in [-0.1, -0.05) is 52.3 Å². The Labute approximate surface area is 197 Å². The number of fused-ring (bicyclic) bond motifs is 1. The van der Waals surface area contributed by atoms with Crippen LogP contribution >= 0.6 is 27.7 Å². The van der Waals surface area contributed by atoms with Gasteiger partial charge in [-0.15, -0.1) is 11.8 Å². The number of halogens is 2. The van der Waals surface area contributed by atoms with Gasteiger partial charge in [-0.25, -0.2) is 4.39 Å². The molecule has 0 aliphatic rings. The molecule has 0 heterocycles. The number of anilines is 2. The lowest BCUT2D eigenvalue weighted by Crippen LogP contribution is -2.15. The zero-order valence-electron chi connectivity index (χ0n) is 16.8. The van der Waals surface area contributed by atoms with Crippen molar-refractivity contribution < 1.29 is 14.0 Å². The fourth-order valence-electron chi connectivity index (χ4n) is 3.12. The smallest absolute Gasteiger partial charge is 0.255 e. The van der Waals surface area contributed by atoms with Crippen LogP contribution in [-0.4, -0.2) is 17.6 Å². The maximum absolute atomic E-state index is 13.9. The van der Waals surface area contributed by atoms with Gasteiger partial charge >= 0.3 is 0 Å². The Morgan fingerprint density at radius 1 is 0.844 bits per heavy atom. The van der Waals surface area contributed by atoms with Crippen LogP contribution in [-0.2, 0) is 4.79 Å². The van der Waals surface area contributed by atoms with Gasteiger partial charge in [0.2, 0.25) is 5.91 Å². The number of amides is 2. The van der Waals surface area contributed by atoms with Crippen LogP contribution in [0, 0.1) is 5.82 Å². The molecule has 2 amide bonds. The molecule has 0 aliphatic carbocycles. The second-order valence-corrected chi connectivity index (χ2v) is 8.97. The first kappa shape index (κ1) is 22.0. The maximum Gasteiger partial charge on any atom is 0.255 e. The van der Waals surface area contributed by atoms with E-state index in [-0.39, 0.29) is 23.3 Å². The number of hydrogen-bond acceptors (Lipinski definition) is 3. The summed E-state index contributed by atoms with van der Waals surface area (Å²) < 4.78 is 14.5. The summed E-state index contributed by atoms with van der Waals surface area (Å²) in [7, 11) is 0. The Balaban J connectivity index is 1.37. The molecule has 160 valence electrons. The highest BCUT2D eigenvalue weighted by Gasteiger charge is 2.10. The van der Waals surface area contributed by atoms with Crippen LogP contribution in [0.1, 0.15) is 10.4 Å². The van der Waals surface area contributed by atoms with Gasteiger partial charge in [-0.3, -0.25) is 9.59 Å². The van der Waals surface area contributed by atoms with Crippen LogP contribution < -0.4 is 10.6 Å². The van der Waals surface area contributed by atoms with Gasteiger partial charge in [-0.2, -0.15) is 0 Å². The quantitative estimate of drug-likeness (QED) is 0.284. The van der Waals surface area contributed by atoms with Crippen LogP contribution in [0.25, 0.3) is 10.8 Å². The normalized spacial score (nSPS) is 10.7. The average molecular weight is 509 g/mol. The average Bonchev–Trinajstić information content (AvgIpc) is 2.79. The van der Waals surface area contributed by atoms with Crippen molar-refractivity contribution >= 4 is 61.7 Å². The van der Waals surface area contributed by atoms with E-state index >= 15 is 0 Å². The number of nitrogens with one attached hydrogen (secondary N) is 2. The second kappa shape index (κ2) is 9.97.